The van der Waals surface area contributed by atoms with E-state index in [0.29, 0.717) is 6.61 Å². The Morgan fingerprint density at radius 2 is 2.10 bits per heavy atom. The molecule has 0 aliphatic heterocycles. The summed E-state index contributed by atoms with van der Waals surface area (Å²) in [6.07, 6.45) is 1.13. The summed E-state index contributed by atoms with van der Waals surface area (Å²) in [5.74, 6) is 0.763. The predicted octanol–water partition coefficient (Wildman–Crippen LogP) is 2.20. The van der Waals surface area contributed by atoms with Crippen molar-refractivity contribution in [1.29, 1.82) is 0 Å². The Kier molecular flexibility index (Phi) is 5.12. The molecule has 20 heavy (non-hydrogen) atoms. The highest BCUT2D eigenvalue weighted by Gasteiger charge is 2.04. The molecule has 0 saturated carbocycles. The Bertz CT molecular complexity index is 551. The molecular formula is C15H22N4O. The van der Waals surface area contributed by atoms with Crippen LogP contribution in [-0.4, -0.2) is 21.3 Å². The van der Waals surface area contributed by atoms with Gasteiger partial charge in [-0.25, -0.2) is 4.68 Å². The van der Waals surface area contributed by atoms with Crippen LogP contribution in [0.2, 0.25) is 0 Å². The second kappa shape index (κ2) is 7.05. The zero-order valence-corrected chi connectivity index (χ0v) is 12.4. The lowest BCUT2D eigenvalue weighted by Crippen LogP contribution is -2.15. The number of pyridine rings is 1. The number of aromatic nitrogens is 3. The predicted molar refractivity (Wildman–Crippen MR) is 78.5 cm³/mol. The van der Waals surface area contributed by atoms with E-state index >= 15 is 0 Å². The van der Waals surface area contributed by atoms with Gasteiger partial charge in [-0.15, -0.1) is 0 Å². The van der Waals surface area contributed by atoms with Gasteiger partial charge in [0.05, 0.1) is 17.1 Å². The van der Waals surface area contributed by atoms with Crippen LogP contribution in [0.4, 0.5) is 0 Å². The number of hydrogen-bond acceptors (Lipinski definition) is 4. The van der Waals surface area contributed by atoms with Gasteiger partial charge < -0.3 is 10.1 Å². The number of ether oxygens (including phenoxy) is 1. The first-order valence-electron chi connectivity index (χ1n) is 6.98. The average molecular weight is 274 g/mol. The molecule has 0 radical (unpaired) electrons. The van der Waals surface area contributed by atoms with E-state index in [2.05, 4.69) is 22.3 Å². The smallest absolute Gasteiger partial charge is 0.212 e. The molecule has 0 fully saturated rings. The fraction of sp³-hybridized carbons (Fsp3) is 0.467. The van der Waals surface area contributed by atoms with E-state index < -0.39 is 0 Å². The third-order valence-corrected chi connectivity index (χ3v) is 2.92. The Labute approximate surface area is 120 Å². The van der Waals surface area contributed by atoms with Crippen molar-refractivity contribution in [2.45, 2.75) is 33.4 Å². The summed E-state index contributed by atoms with van der Waals surface area (Å²) in [5, 5.41) is 7.60. The van der Waals surface area contributed by atoms with E-state index in [1.807, 2.05) is 38.2 Å². The minimum atomic E-state index is 0.459. The summed E-state index contributed by atoms with van der Waals surface area (Å²) in [7, 11) is 1.88. The number of hydrogen-bond donors (Lipinski definition) is 1. The van der Waals surface area contributed by atoms with Crippen molar-refractivity contribution < 1.29 is 4.74 Å². The molecule has 0 atom stereocenters. The van der Waals surface area contributed by atoms with Crippen LogP contribution in [0.1, 0.15) is 30.4 Å². The summed E-state index contributed by atoms with van der Waals surface area (Å²) in [6.45, 7) is 6.37. The van der Waals surface area contributed by atoms with Gasteiger partial charge in [0.2, 0.25) is 5.88 Å². The SMILES string of the molecule is CCCNCc1cccc(COc2cc(C)nn2C)n1. The zero-order chi connectivity index (χ0) is 14.4. The van der Waals surface area contributed by atoms with Crippen LogP contribution in [0.15, 0.2) is 24.3 Å². The molecule has 1 N–H and O–H groups in total. The number of nitrogens with zero attached hydrogens (tertiary/aromatic N) is 3. The van der Waals surface area contributed by atoms with Crippen molar-refractivity contribution in [3.63, 3.8) is 0 Å². The van der Waals surface area contributed by atoms with Crippen LogP contribution in [0, 0.1) is 6.92 Å². The lowest BCUT2D eigenvalue weighted by molar-refractivity contribution is 0.274. The molecule has 0 aliphatic carbocycles. The molecule has 0 aromatic carbocycles. The molecule has 2 heterocycles. The lowest BCUT2D eigenvalue weighted by Gasteiger charge is -2.07. The minimum Gasteiger partial charge on any atom is -0.471 e. The maximum absolute atomic E-state index is 5.74. The van der Waals surface area contributed by atoms with Crippen LogP contribution in [0.25, 0.3) is 0 Å². The van der Waals surface area contributed by atoms with Crippen LogP contribution < -0.4 is 10.1 Å². The largest absolute Gasteiger partial charge is 0.471 e. The molecule has 5 heteroatoms. The molecule has 0 unspecified atom stereocenters. The minimum absolute atomic E-state index is 0.459. The monoisotopic (exact) mass is 274 g/mol. The molecule has 0 aliphatic rings. The highest BCUT2D eigenvalue weighted by molar-refractivity contribution is 5.16. The van der Waals surface area contributed by atoms with Gasteiger partial charge >= 0.3 is 0 Å². The zero-order valence-electron chi connectivity index (χ0n) is 12.4. The second-order valence-corrected chi connectivity index (χ2v) is 4.83. The standard InChI is InChI=1S/C15H22N4O/c1-4-8-16-10-13-6-5-7-14(17-13)11-20-15-9-12(2)18-19(15)3/h5-7,9,16H,4,8,10-11H2,1-3H3. The van der Waals surface area contributed by atoms with Gasteiger partial charge in [-0.2, -0.15) is 5.10 Å². The fourth-order valence-electron chi connectivity index (χ4n) is 1.97. The molecule has 5 nitrogen and oxygen atoms in total. The van der Waals surface area contributed by atoms with E-state index in [0.717, 1.165) is 42.5 Å². The third kappa shape index (κ3) is 4.06. The Balaban J connectivity index is 1.92. The first kappa shape index (κ1) is 14.5. The number of nitrogens with one attached hydrogen (secondary N) is 1. The summed E-state index contributed by atoms with van der Waals surface area (Å²) < 4.78 is 7.48. The normalized spacial score (nSPS) is 10.8. The topological polar surface area (TPSA) is 52.0 Å². The van der Waals surface area contributed by atoms with Gasteiger partial charge in [-0.05, 0) is 32.0 Å². The van der Waals surface area contributed by atoms with E-state index in [1.54, 1.807) is 4.68 Å². The summed E-state index contributed by atoms with van der Waals surface area (Å²) >= 11 is 0. The van der Waals surface area contributed by atoms with Gasteiger partial charge in [-0.3, -0.25) is 4.98 Å². The quantitative estimate of drug-likeness (QED) is 0.786. The maximum atomic E-state index is 5.74. The maximum Gasteiger partial charge on any atom is 0.212 e. The van der Waals surface area contributed by atoms with Crippen molar-refractivity contribution in [2.75, 3.05) is 6.54 Å². The molecule has 0 bridgehead atoms. The summed E-state index contributed by atoms with van der Waals surface area (Å²) in [4.78, 5) is 4.58. The Morgan fingerprint density at radius 1 is 1.30 bits per heavy atom. The van der Waals surface area contributed by atoms with E-state index in [9.17, 15) is 0 Å². The molecule has 2 aromatic heterocycles. The molecule has 2 aromatic rings. The highest BCUT2D eigenvalue weighted by Crippen LogP contribution is 2.12. The Morgan fingerprint density at radius 3 is 2.80 bits per heavy atom. The van der Waals surface area contributed by atoms with Crippen LogP contribution >= 0.6 is 0 Å². The van der Waals surface area contributed by atoms with Gasteiger partial charge in [0.1, 0.15) is 6.61 Å². The van der Waals surface area contributed by atoms with E-state index in [1.165, 1.54) is 0 Å². The second-order valence-electron chi connectivity index (χ2n) is 4.83. The van der Waals surface area contributed by atoms with E-state index in [4.69, 9.17) is 4.74 Å². The fourth-order valence-corrected chi connectivity index (χ4v) is 1.97. The van der Waals surface area contributed by atoms with Crippen LogP contribution in [-0.2, 0) is 20.2 Å². The molecular weight excluding hydrogens is 252 g/mol. The molecule has 0 spiro atoms. The van der Waals surface area contributed by atoms with Gasteiger partial charge in [0.25, 0.3) is 0 Å². The average Bonchev–Trinajstić information content (AvgIpc) is 2.76. The third-order valence-electron chi connectivity index (χ3n) is 2.92. The van der Waals surface area contributed by atoms with Crippen LogP contribution in [0.3, 0.4) is 0 Å². The Hall–Kier alpha value is -1.88. The molecule has 2 rings (SSSR count). The molecule has 0 saturated heterocycles. The van der Waals surface area contributed by atoms with Crippen LogP contribution in [0.5, 0.6) is 5.88 Å². The summed E-state index contributed by atoms with van der Waals surface area (Å²) in [6, 6.07) is 7.95. The highest BCUT2D eigenvalue weighted by atomic mass is 16.5. The number of aryl methyl sites for hydroxylation is 2. The first-order valence-corrected chi connectivity index (χ1v) is 6.98. The number of rotatable bonds is 7. The van der Waals surface area contributed by atoms with Gasteiger partial charge in [0.15, 0.2) is 0 Å². The molecule has 108 valence electrons. The van der Waals surface area contributed by atoms with Gasteiger partial charge in [0, 0.05) is 19.7 Å². The van der Waals surface area contributed by atoms with Crippen molar-refractivity contribution >= 4 is 0 Å². The lowest BCUT2D eigenvalue weighted by atomic mass is 10.3. The molecule has 0 amide bonds. The first-order chi connectivity index (χ1) is 9.69. The van der Waals surface area contributed by atoms with E-state index in [-0.39, 0.29) is 0 Å². The van der Waals surface area contributed by atoms with Crippen molar-refractivity contribution in [1.82, 2.24) is 20.1 Å². The van der Waals surface area contributed by atoms with Crippen molar-refractivity contribution in [2.24, 2.45) is 7.05 Å². The summed E-state index contributed by atoms with van der Waals surface area (Å²) in [5.41, 5.74) is 2.92. The van der Waals surface area contributed by atoms with Crippen molar-refractivity contribution in [3.05, 3.63) is 41.3 Å². The van der Waals surface area contributed by atoms with Crippen molar-refractivity contribution in [3.8, 4) is 5.88 Å². The van der Waals surface area contributed by atoms with Gasteiger partial charge in [-0.1, -0.05) is 13.0 Å².